The molecule has 4 saturated heterocycles. The third-order valence-corrected chi connectivity index (χ3v) is 5.91. The molecule has 4 fully saturated rings. The highest BCUT2D eigenvalue weighted by Crippen LogP contribution is 2.35. The van der Waals surface area contributed by atoms with Gasteiger partial charge in [-0.1, -0.05) is 0 Å². The average molecular weight is 419 g/mol. The highest BCUT2D eigenvalue weighted by atomic mass is 19.3. The zero-order valence-electron chi connectivity index (χ0n) is 16.4. The van der Waals surface area contributed by atoms with Crippen molar-refractivity contribution in [1.29, 1.82) is 0 Å². The van der Waals surface area contributed by atoms with E-state index in [-0.39, 0.29) is 50.6 Å². The van der Waals surface area contributed by atoms with Gasteiger partial charge in [0.2, 0.25) is 0 Å². The first-order valence-corrected chi connectivity index (χ1v) is 10.1. The van der Waals surface area contributed by atoms with Crippen LogP contribution in [0.3, 0.4) is 0 Å². The molecule has 1 amide bonds. The van der Waals surface area contributed by atoms with Gasteiger partial charge in [0.25, 0.3) is 11.8 Å². The van der Waals surface area contributed by atoms with Gasteiger partial charge in [0.05, 0.1) is 24.4 Å². The van der Waals surface area contributed by atoms with Gasteiger partial charge >= 0.3 is 0 Å². The Morgan fingerprint density at radius 1 is 1.23 bits per heavy atom. The third-order valence-electron chi connectivity index (χ3n) is 5.91. The van der Waals surface area contributed by atoms with E-state index in [4.69, 9.17) is 4.74 Å². The number of alkyl halides is 2. The highest BCUT2D eigenvalue weighted by Gasteiger charge is 2.39. The summed E-state index contributed by atoms with van der Waals surface area (Å²) >= 11 is 0. The van der Waals surface area contributed by atoms with Gasteiger partial charge in [-0.15, -0.1) is 10.2 Å². The predicted octanol–water partition coefficient (Wildman–Crippen LogP) is 1.34. The van der Waals surface area contributed by atoms with Crippen LogP contribution in [0.2, 0.25) is 0 Å². The monoisotopic (exact) mass is 419 g/mol. The summed E-state index contributed by atoms with van der Waals surface area (Å²) in [6.45, 7) is 2.10. The summed E-state index contributed by atoms with van der Waals surface area (Å²) in [4.78, 5) is 16.3. The third kappa shape index (κ3) is 3.81. The number of carbonyl (C=O) groups is 1. The second kappa shape index (κ2) is 7.46. The van der Waals surface area contributed by atoms with Crippen molar-refractivity contribution in [1.82, 2.24) is 25.7 Å². The molecule has 30 heavy (non-hydrogen) atoms. The number of morpholine rings is 1. The molecule has 0 aliphatic carbocycles. The SMILES string of the molecule is O=C(NCc1nnc(N2CC3CC(C2)O3)cc1N1CCC(F)(F)CC1)c1ccn[nH]1. The van der Waals surface area contributed by atoms with Crippen LogP contribution < -0.4 is 15.1 Å². The number of H-pyrrole nitrogens is 1. The maximum atomic E-state index is 13.7. The summed E-state index contributed by atoms with van der Waals surface area (Å²) in [5.41, 5.74) is 1.63. The summed E-state index contributed by atoms with van der Waals surface area (Å²) in [6, 6.07) is 3.47. The summed E-state index contributed by atoms with van der Waals surface area (Å²) in [6.07, 6.45) is 2.59. The first-order chi connectivity index (χ1) is 14.5. The largest absolute Gasteiger partial charge is 0.371 e. The number of carbonyl (C=O) groups excluding carboxylic acids is 1. The second-order valence-electron chi connectivity index (χ2n) is 8.05. The van der Waals surface area contributed by atoms with E-state index < -0.39 is 5.92 Å². The lowest BCUT2D eigenvalue weighted by molar-refractivity contribution is -0.133. The number of fused-ring (bicyclic) bond motifs is 2. The van der Waals surface area contributed by atoms with Gasteiger partial charge in [-0.25, -0.2) is 8.78 Å². The number of nitrogens with zero attached hydrogens (tertiary/aromatic N) is 5. The zero-order valence-corrected chi connectivity index (χ0v) is 16.4. The van der Waals surface area contributed by atoms with Gasteiger partial charge in [0.15, 0.2) is 5.82 Å². The number of piperidine rings is 2. The normalized spacial score (nSPS) is 25.0. The summed E-state index contributed by atoms with van der Waals surface area (Å²) < 4.78 is 33.0. The fraction of sp³-hybridized carbons (Fsp3) is 0.579. The van der Waals surface area contributed by atoms with Crippen LogP contribution in [0.5, 0.6) is 0 Å². The van der Waals surface area contributed by atoms with Crippen LogP contribution in [-0.4, -0.2) is 70.6 Å². The van der Waals surface area contributed by atoms with Crippen molar-refractivity contribution in [3.63, 3.8) is 0 Å². The molecule has 4 aliphatic heterocycles. The number of anilines is 2. The number of amides is 1. The molecule has 4 aliphatic rings. The van der Waals surface area contributed by atoms with Gasteiger partial charge < -0.3 is 19.9 Å². The fourth-order valence-electron chi connectivity index (χ4n) is 4.21. The van der Waals surface area contributed by atoms with Crippen LogP contribution in [0.25, 0.3) is 0 Å². The van der Waals surface area contributed by atoms with Crippen molar-refractivity contribution in [2.45, 2.75) is 43.9 Å². The molecular weight excluding hydrogens is 396 g/mol. The Hall–Kier alpha value is -2.82. The van der Waals surface area contributed by atoms with Crippen LogP contribution >= 0.6 is 0 Å². The molecule has 0 saturated carbocycles. The Balaban J connectivity index is 1.36. The molecule has 2 aromatic heterocycles. The molecule has 6 heterocycles. The quantitative estimate of drug-likeness (QED) is 0.755. The Morgan fingerprint density at radius 3 is 2.63 bits per heavy atom. The molecule has 11 heteroatoms. The molecule has 2 atom stereocenters. The van der Waals surface area contributed by atoms with E-state index in [1.807, 2.05) is 11.0 Å². The number of rotatable bonds is 5. The standard InChI is InChI=1S/C19H23F2N7O2/c20-19(21)2-5-27(6-3-19)16-8-17(28-10-12-7-13(11-28)30-12)26-25-15(16)9-22-18(29)14-1-4-23-24-14/h1,4,8,12-13H,2-3,5-7,9-11H2,(H,22,29)(H,23,24). The van der Waals surface area contributed by atoms with Crippen LogP contribution in [0.1, 0.15) is 35.4 Å². The molecule has 2 unspecified atom stereocenters. The second-order valence-corrected chi connectivity index (χ2v) is 8.05. The van der Waals surface area contributed by atoms with Crippen molar-refractivity contribution >= 4 is 17.4 Å². The molecule has 0 spiro atoms. The molecule has 9 nitrogen and oxygen atoms in total. The zero-order chi connectivity index (χ0) is 20.7. The Bertz CT molecular complexity index is 898. The Morgan fingerprint density at radius 2 is 1.97 bits per heavy atom. The van der Waals surface area contributed by atoms with Crippen molar-refractivity contribution in [2.75, 3.05) is 36.0 Å². The number of nitrogens with one attached hydrogen (secondary N) is 2. The van der Waals surface area contributed by atoms with E-state index in [2.05, 4.69) is 30.6 Å². The molecule has 2 N–H and O–H groups in total. The van der Waals surface area contributed by atoms with Crippen LogP contribution in [0.15, 0.2) is 18.3 Å². The van der Waals surface area contributed by atoms with Crippen LogP contribution in [-0.2, 0) is 11.3 Å². The first-order valence-electron chi connectivity index (χ1n) is 10.1. The molecule has 0 aromatic carbocycles. The smallest absolute Gasteiger partial charge is 0.269 e. The summed E-state index contributed by atoms with van der Waals surface area (Å²) in [5, 5.41) is 17.9. The minimum Gasteiger partial charge on any atom is -0.371 e. The van der Waals surface area contributed by atoms with Gasteiger partial charge in [0, 0.05) is 57.7 Å². The lowest BCUT2D eigenvalue weighted by Gasteiger charge is -2.47. The molecule has 160 valence electrons. The van der Waals surface area contributed by atoms with E-state index in [1.54, 1.807) is 6.07 Å². The topological polar surface area (TPSA) is 99.3 Å². The van der Waals surface area contributed by atoms with E-state index in [1.165, 1.54) is 6.20 Å². The molecular formula is C19H23F2N7O2. The first kappa shape index (κ1) is 19.2. The fourth-order valence-corrected chi connectivity index (χ4v) is 4.21. The molecule has 0 radical (unpaired) electrons. The van der Waals surface area contributed by atoms with E-state index in [0.717, 1.165) is 25.2 Å². The maximum Gasteiger partial charge on any atom is 0.269 e. The minimum atomic E-state index is -2.64. The number of hydrogen-bond acceptors (Lipinski definition) is 7. The maximum absolute atomic E-state index is 13.7. The number of aromatic nitrogens is 4. The van der Waals surface area contributed by atoms with Gasteiger partial charge in [-0.3, -0.25) is 9.89 Å². The predicted molar refractivity (Wildman–Crippen MR) is 104 cm³/mol. The number of hydrogen-bond donors (Lipinski definition) is 2. The van der Waals surface area contributed by atoms with Crippen LogP contribution in [0.4, 0.5) is 20.3 Å². The van der Waals surface area contributed by atoms with Crippen molar-refractivity contribution in [3.8, 4) is 0 Å². The number of ether oxygens (including phenoxy) is 1. The van der Waals surface area contributed by atoms with Crippen molar-refractivity contribution < 1.29 is 18.3 Å². The van der Waals surface area contributed by atoms with Gasteiger partial charge in [-0.05, 0) is 6.07 Å². The minimum absolute atomic E-state index is 0.141. The number of halogens is 2. The Kier molecular flexibility index (Phi) is 4.76. The summed E-state index contributed by atoms with van der Waals surface area (Å²) in [5.74, 6) is -2.24. The average Bonchev–Trinajstić information content (AvgIpc) is 3.27. The van der Waals surface area contributed by atoms with Crippen molar-refractivity contribution in [2.24, 2.45) is 0 Å². The van der Waals surface area contributed by atoms with E-state index in [9.17, 15) is 13.6 Å². The lowest BCUT2D eigenvalue weighted by Crippen LogP contribution is -2.57. The molecule has 2 bridgehead atoms. The van der Waals surface area contributed by atoms with Gasteiger partial charge in [-0.2, -0.15) is 5.10 Å². The molecule has 2 aromatic rings. The van der Waals surface area contributed by atoms with E-state index in [0.29, 0.717) is 17.2 Å². The summed E-state index contributed by atoms with van der Waals surface area (Å²) in [7, 11) is 0. The van der Waals surface area contributed by atoms with Crippen LogP contribution in [0, 0.1) is 0 Å². The lowest BCUT2D eigenvalue weighted by atomic mass is 9.99. The Labute approximate surface area is 171 Å². The molecule has 6 rings (SSSR count). The van der Waals surface area contributed by atoms with E-state index >= 15 is 0 Å². The highest BCUT2D eigenvalue weighted by molar-refractivity contribution is 5.92. The van der Waals surface area contributed by atoms with Crippen molar-refractivity contribution in [3.05, 3.63) is 29.7 Å². The number of aromatic amines is 1. The van der Waals surface area contributed by atoms with Gasteiger partial charge in [0.1, 0.15) is 11.4 Å².